The molecule has 0 aliphatic heterocycles. The van der Waals surface area contributed by atoms with Gasteiger partial charge in [0.05, 0.1) is 12.9 Å². The highest BCUT2D eigenvalue weighted by Crippen LogP contribution is 2.49. The summed E-state index contributed by atoms with van der Waals surface area (Å²) in [5, 5.41) is 11.7. The molecule has 0 bridgehead atoms. The summed E-state index contributed by atoms with van der Waals surface area (Å²) in [5.41, 5.74) is -0.557. The number of hydrogen-bond donors (Lipinski definition) is 2. The maximum atomic E-state index is 13.8. The summed E-state index contributed by atoms with van der Waals surface area (Å²) in [6.07, 6.45) is 2.22. The number of carboxylic acid groups (broad SMARTS) is 1. The van der Waals surface area contributed by atoms with Gasteiger partial charge in [0.15, 0.2) is 17.6 Å². The van der Waals surface area contributed by atoms with Gasteiger partial charge in [-0.3, -0.25) is 4.79 Å². The molecule has 1 aliphatic rings. The summed E-state index contributed by atoms with van der Waals surface area (Å²) >= 11 is 0. The van der Waals surface area contributed by atoms with Crippen molar-refractivity contribution in [3.05, 3.63) is 29.6 Å². The van der Waals surface area contributed by atoms with Gasteiger partial charge in [-0.1, -0.05) is 6.07 Å². The number of halogens is 1. The molecule has 2 N–H and O–H groups in total. The third kappa shape index (κ3) is 5.15. The Labute approximate surface area is 145 Å². The standard InChI is InChI=1S/C16H20FNO6S/c1-24-12-4-3-10(7-11(12)17)14(15(20)21)18-13(19)8-16(5-6-16)9-25(2,22)23/h3-4,7,14H,5-6,8-9H2,1-2H3,(H,18,19)(H,20,21). The van der Waals surface area contributed by atoms with Crippen molar-refractivity contribution in [2.45, 2.75) is 25.3 Å². The molecule has 1 aromatic rings. The predicted octanol–water partition coefficient (Wildman–Crippen LogP) is 1.29. The first-order valence-electron chi connectivity index (χ1n) is 7.59. The number of benzene rings is 1. The number of methoxy groups -OCH3 is 1. The second-order valence-electron chi connectivity index (χ2n) is 6.48. The van der Waals surface area contributed by atoms with E-state index < -0.39 is 39.0 Å². The summed E-state index contributed by atoms with van der Waals surface area (Å²) in [6, 6.07) is 2.19. The molecule has 1 fully saturated rings. The van der Waals surface area contributed by atoms with Crippen molar-refractivity contribution in [1.29, 1.82) is 0 Å². The van der Waals surface area contributed by atoms with Crippen molar-refractivity contribution < 1.29 is 32.2 Å². The number of carboxylic acids is 1. The molecule has 7 nitrogen and oxygen atoms in total. The first kappa shape index (κ1) is 19.2. The number of carbonyl (C=O) groups is 2. The number of nitrogens with one attached hydrogen (secondary N) is 1. The van der Waals surface area contributed by atoms with Gasteiger partial charge in [0.25, 0.3) is 0 Å². The molecule has 0 aromatic heterocycles. The van der Waals surface area contributed by atoms with Crippen LogP contribution in [-0.2, 0) is 19.4 Å². The highest BCUT2D eigenvalue weighted by molar-refractivity contribution is 7.90. The molecule has 9 heteroatoms. The van der Waals surface area contributed by atoms with Crippen LogP contribution >= 0.6 is 0 Å². The number of hydrogen-bond acceptors (Lipinski definition) is 5. The topological polar surface area (TPSA) is 110 Å². The number of amides is 1. The summed E-state index contributed by atoms with van der Waals surface area (Å²) in [7, 11) is -1.95. The second kappa shape index (κ2) is 6.99. The number of ether oxygens (including phenoxy) is 1. The van der Waals surface area contributed by atoms with Gasteiger partial charge in [0.1, 0.15) is 9.84 Å². The van der Waals surface area contributed by atoms with Gasteiger partial charge in [-0.05, 0) is 36.0 Å². The number of carbonyl (C=O) groups excluding carboxylic acids is 1. The van der Waals surface area contributed by atoms with Crippen LogP contribution in [0.4, 0.5) is 4.39 Å². The van der Waals surface area contributed by atoms with Crippen LogP contribution in [0.25, 0.3) is 0 Å². The largest absolute Gasteiger partial charge is 0.494 e. The fourth-order valence-electron chi connectivity index (χ4n) is 2.81. The lowest BCUT2D eigenvalue weighted by molar-refractivity contribution is -0.142. The smallest absolute Gasteiger partial charge is 0.330 e. The Hall–Kier alpha value is -2.16. The number of rotatable bonds is 8. The van der Waals surface area contributed by atoms with Crippen molar-refractivity contribution in [3.63, 3.8) is 0 Å². The highest BCUT2D eigenvalue weighted by Gasteiger charge is 2.47. The SMILES string of the molecule is COc1ccc(C(NC(=O)CC2(CS(C)(=O)=O)CC2)C(=O)O)cc1F. The van der Waals surface area contributed by atoms with Gasteiger partial charge in [-0.25, -0.2) is 17.6 Å². The molecule has 1 amide bonds. The van der Waals surface area contributed by atoms with Gasteiger partial charge in [0, 0.05) is 12.7 Å². The van der Waals surface area contributed by atoms with Crippen LogP contribution in [0, 0.1) is 11.2 Å². The zero-order valence-electron chi connectivity index (χ0n) is 13.9. The summed E-state index contributed by atoms with van der Waals surface area (Å²) in [6.45, 7) is 0. The zero-order valence-corrected chi connectivity index (χ0v) is 14.7. The van der Waals surface area contributed by atoms with E-state index in [4.69, 9.17) is 4.74 Å². The van der Waals surface area contributed by atoms with E-state index in [1.807, 2.05) is 0 Å². The molecule has 0 radical (unpaired) electrons. The van der Waals surface area contributed by atoms with E-state index in [0.29, 0.717) is 12.8 Å². The third-order valence-electron chi connectivity index (χ3n) is 4.12. The van der Waals surface area contributed by atoms with Crippen LogP contribution in [0.5, 0.6) is 5.75 Å². The molecule has 25 heavy (non-hydrogen) atoms. The Morgan fingerprint density at radius 2 is 2.04 bits per heavy atom. The van der Waals surface area contributed by atoms with E-state index in [-0.39, 0.29) is 23.5 Å². The summed E-state index contributed by atoms with van der Waals surface area (Å²) < 4.78 is 41.4. The number of sulfone groups is 1. The van der Waals surface area contributed by atoms with E-state index in [1.165, 1.54) is 19.2 Å². The molecule has 138 valence electrons. The Balaban J connectivity index is 2.10. The van der Waals surface area contributed by atoms with Crippen molar-refractivity contribution in [3.8, 4) is 5.75 Å². The van der Waals surface area contributed by atoms with Crippen molar-refractivity contribution in [2.24, 2.45) is 5.41 Å². The lowest BCUT2D eigenvalue weighted by Gasteiger charge is -2.18. The lowest BCUT2D eigenvalue weighted by Crippen LogP contribution is -2.36. The maximum Gasteiger partial charge on any atom is 0.330 e. The molecule has 2 rings (SSSR count). The van der Waals surface area contributed by atoms with Gasteiger partial charge < -0.3 is 15.2 Å². The maximum absolute atomic E-state index is 13.8. The lowest BCUT2D eigenvalue weighted by atomic mass is 10.0. The van der Waals surface area contributed by atoms with Gasteiger partial charge in [0.2, 0.25) is 5.91 Å². The minimum Gasteiger partial charge on any atom is -0.494 e. The molecule has 1 atom stereocenters. The Bertz CT molecular complexity index is 788. The quantitative estimate of drug-likeness (QED) is 0.711. The van der Waals surface area contributed by atoms with E-state index in [9.17, 15) is 27.5 Å². The molecular weight excluding hydrogens is 353 g/mol. The van der Waals surface area contributed by atoms with Crippen LogP contribution in [0.1, 0.15) is 30.9 Å². The number of aliphatic carboxylic acids is 1. The highest BCUT2D eigenvalue weighted by atomic mass is 32.2. The van der Waals surface area contributed by atoms with Gasteiger partial charge >= 0.3 is 5.97 Å². The molecule has 1 unspecified atom stereocenters. The van der Waals surface area contributed by atoms with Crippen molar-refractivity contribution >= 4 is 21.7 Å². The van der Waals surface area contributed by atoms with E-state index in [0.717, 1.165) is 12.3 Å². The van der Waals surface area contributed by atoms with E-state index in [1.54, 1.807) is 0 Å². The van der Waals surface area contributed by atoms with Gasteiger partial charge in [-0.2, -0.15) is 0 Å². The van der Waals surface area contributed by atoms with E-state index >= 15 is 0 Å². The first-order chi connectivity index (χ1) is 11.6. The van der Waals surface area contributed by atoms with E-state index in [2.05, 4.69) is 5.32 Å². The summed E-state index contributed by atoms with van der Waals surface area (Å²) in [5.74, 6) is -2.81. The molecule has 1 aliphatic carbocycles. The Morgan fingerprint density at radius 1 is 1.40 bits per heavy atom. The molecule has 0 spiro atoms. The third-order valence-corrected chi connectivity index (χ3v) is 5.26. The Kier molecular flexibility index (Phi) is 5.36. The minimum atomic E-state index is -3.24. The van der Waals surface area contributed by atoms with Crippen molar-refractivity contribution in [1.82, 2.24) is 5.32 Å². The van der Waals surface area contributed by atoms with Crippen LogP contribution in [0.3, 0.4) is 0 Å². The van der Waals surface area contributed by atoms with Crippen molar-refractivity contribution in [2.75, 3.05) is 19.1 Å². The normalized spacial score (nSPS) is 16.8. The fourth-order valence-corrected chi connectivity index (χ4v) is 4.31. The molecular formula is C16H20FNO6S. The average Bonchev–Trinajstić information content (AvgIpc) is 3.21. The first-order valence-corrected chi connectivity index (χ1v) is 9.65. The van der Waals surface area contributed by atoms with Crippen LogP contribution in [0.15, 0.2) is 18.2 Å². The average molecular weight is 373 g/mol. The van der Waals surface area contributed by atoms with Crippen LogP contribution < -0.4 is 10.1 Å². The fraction of sp³-hybridized carbons (Fsp3) is 0.500. The predicted molar refractivity (Wildman–Crippen MR) is 87.5 cm³/mol. The van der Waals surface area contributed by atoms with Gasteiger partial charge in [-0.15, -0.1) is 0 Å². The molecule has 1 saturated carbocycles. The molecule has 1 aromatic carbocycles. The second-order valence-corrected chi connectivity index (χ2v) is 8.62. The summed E-state index contributed by atoms with van der Waals surface area (Å²) in [4.78, 5) is 23.6. The zero-order chi connectivity index (χ0) is 18.8. The monoisotopic (exact) mass is 373 g/mol. The molecule has 0 heterocycles. The minimum absolute atomic E-state index is 0.0377. The Morgan fingerprint density at radius 3 is 2.48 bits per heavy atom. The molecule has 0 saturated heterocycles. The van der Waals surface area contributed by atoms with Crippen LogP contribution in [0.2, 0.25) is 0 Å². The van der Waals surface area contributed by atoms with Crippen LogP contribution in [-0.4, -0.2) is 44.5 Å².